The Kier molecular flexibility index (Phi) is 6.99. The van der Waals surface area contributed by atoms with Crippen molar-refractivity contribution in [2.45, 2.75) is 0 Å². The van der Waals surface area contributed by atoms with E-state index in [1.54, 1.807) is 36.4 Å². The van der Waals surface area contributed by atoms with Crippen molar-refractivity contribution in [2.24, 2.45) is 0 Å². The predicted molar refractivity (Wildman–Crippen MR) is 135 cm³/mol. The number of benzene rings is 3. The third kappa shape index (κ3) is 5.36. The molecule has 3 N–H and O–H groups in total. The molecule has 4 rings (SSSR count). The second-order valence-electron chi connectivity index (χ2n) is 6.83. The summed E-state index contributed by atoms with van der Waals surface area (Å²) >= 11 is 16.9. The normalized spacial score (nSPS) is 10.6. The quantitative estimate of drug-likeness (QED) is 0.255. The molecule has 6 nitrogen and oxygen atoms in total. The summed E-state index contributed by atoms with van der Waals surface area (Å²) < 4.78 is 1.80. The summed E-state index contributed by atoms with van der Waals surface area (Å²) in [6.07, 6.45) is 0. The van der Waals surface area contributed by atoms with Gasteiger partial charge in [-0.2, -0.15) is 0 Å². The van der Waals surface area contributed by atoms with Gasteiger partial charge in [0.2, 0.25) is 0 Å². The lowest BCUT2D eigenvalue weighted by Gasteiger charge is -2.09. The molecule has 0 radical (unpaired) electrons. The zero-order valence-corrected chi connectivity index (χ0v) is 20.5. The van der Waals surface area contributed by atoms with Gasteiger partial charge < -0.3 is 5.32 Å². The summed E-state index contributed by atoms with van der Waals surface area (Å²) in [5.74, 6) is -1.32. The molecule has 3 amide bonds. The molecule has 0 saturated carbocycles. The van der Waals surface area contributed by atoms with Crippen LogP contribution in [0.4, 0.5) is 5.69 Å². The van der Waals surface area contributed by atoms with E-state index in [0.29, 0.717) is 31.7 Å². The number of halogens is 3. The number of carbonyl (C=O) groups is 3. The number of thiophene rings is 1. The molecule has 0 aliphatic carbocycles. The zero-order valence-electron chi connectivity index (χ0n) is 16.6. The van der Waals surface area contributed by atoms with Crippen LogP contribution in [-0.2, 0) is 0 Å². The van der Waals surface area contributed by atoms with Crippen LogP contribution in [0.15, 0.2) is 71.2 Å². The summed E-state index contributed by atoms with van der Waals surface area (Å²) in [7, 11) is 0. The Morgan fingerprint density at radius 3 is 1.94 bits per heavy atom. The summed E-state index contributed by atoms with van der Waals surface area (Å²) in [5, 5.41) is 4.49. The molecule has 0 atom stereocenters. The fraction of sp³-hybridized carbons (Fsp3) is 0. The molecule has 4 aromatic rings. The van der Waals surface area contributed by atoms with Gasteiger partial charge in [0.25, 0.3) is 17.7 Å². The third-order valence-electron chi connectivity index (χ3n) is 4.60. The fourth-order valence-electron chi connectivity index (χ4n) is 2.94. The lowest BCUT2D eigenvalue weighted by atomic mass is 10.2. The van der Waals surface area contributed by atoms with E-state index in [1.807, 2.05) is 18.2 Å². The Morgan fingerprint density at radius 1 is 0.758 bits per heavy atom. The first kappa shape index (κ1) is 23.3. The molecule has 10 heteroatoms. The maximum atomic E-state index is 12.7. The Morgan fingerprint density at radius 2 is 1.33 bits per heavy atom. The maximum absolute atomic E-state index is 12.7. The number of hydrogen-bond acceptors (Lipinski definition) is 4. The number of hydrazine groups is 1. The predicted octanol–water partition coefficient (Wildman–Crippen LogP) is 6.30. The van der Waals surface area contributed by atoms with Gasteiger partial charge in [0, 0.05) is 36.4 Å². The second kappa shape index (κ2) is 9.93. The van der Waals surface area contributed by atoms with Gasteiger partial charge in [0.15, 0.2) is 0 Å². The van der Waals surface area contributed by atoms with Crippen LogP contribution in [-0.4, -0.2) is 17.7 Å². The summed E-state index contributed by atoms with van der Waals surface area (Å²) in [4.78, 5) is 37.5. The number of amides is 3. The van der Waals surface area contributed by atoms with E-state index >= 15 is 0 Å². The molecule has 166 valence electrons. The lowest BCUT2D eigenvalue weighted by molar-refractivity contribution is 0.0846. The largest absolute Gasteiger partial charge is 0.321 e. The van der Waals surface area contributed by atoms with Gasteiger partial charge in [-0.15, -0.1) is 11.3 Å². The highest BCUT2D eigenvalue weighted by Crippen LogP contribution is 2.37. The van der Waals surface area contributed by atoms with E-state index in [-0.39, 0.29) is 5.91 Å². The van der Waals surface area contributed by atoms with Gasteiger partial charge in [0.05, 0.1) is 5.02 Å². The monoisotopic (exact) mass is 561 g/mol. The van der Waals surface area contributed by atoms with Gasteiger partial charge in [-0.25, -0.2) is 0 Å². The molecule has 0 fully saturated rings. The van der Waals surface area contributed by atoms with E-state index < -0.39 is 11.8 Å². The molecule has 1 heterocycles. The van der Waals surface area contributed by atoms with Gasteiger partial charge in [-0.1, -0.05) is 45.2 Å². The van der Waals surface area contributed by atoms with Crippen molar-refractivity contribution >= 4 is 84.0 Å². The molecule has 0 unspecified atom stereocenters. The van der Waals surface area contributed by atoms with Crippen LogP contribution in [0, 0.1) is 0 Å². The molecule has 3 aromatic carbocycles. The van der Waals surface area contributed by atoms with Gasteiger partial charge in [0.1, 0.15) is 4.88 Å². The SMILES string of the molecule is O=C(NNC(=O)c1ccc(NC(=O)c2sc3cc(Br)ccc3c2Cl)cc1)c1ccc(Cl)cc1. The Bertz CT molecular complexity index is 1370. The highest BCUT2D eigenvalue weighted by atomic mass is 79.9. The standard InChI is InChI=1S/C23H14BrCl2N3O3S/c24-14-5-10-17-18(11-14)33-20(19(17)26)23(32)27-16-8-3-13(4-9-16)22(31)29-28-21(30)12-1-6-15(25)7-2-12/h1-11H,(H,27,32)(H,28,30)(H,29,31). The fourth-order valence-corrected chi connectivity index (χ4v) is 5.03. The molecule has 33 heavy (non-hydrogen) atoms. The lowest BCUT2D eigenvalue weighted by Crippen LogP contribution is -2.41. The molecule has 0 spiro atoms. The highest BCUT2D eigenvalue weighted by Gasteiger charge is 2.18. The molecule has 0 aliphatic heterocycles. The van der Waals surface area contributed by atoms with Gasteiger partial charge >= 0.3 is 0 Å². The van der Waals surface area contributed by atoms with E-state index in [0.717, 1.165) is 14.6 Å². The summed E-state index contributed by atoms with van der Waals surface area (Å²) in [6.45, 7) is 0. The molecule has 0 aliphatic rings. The van der Waals surface area contributed by atoms with Crippen LogP contribution in [0.25, 0.3) is 10.1 Å². The van der Waals surface area contributed by atoms with Crippen LogP contribution in [0.5, 0.6) is 0 Å². The Balaban J connectivity index is 1.38. The molecular formula is C23H14BrCl2N3O3S. The molecule has 0 bridgehead atoms. The smallest absolute Gasteiger partial charge is 0.269 e. The minimum Gasteiger partial charge on any atom is -0.321 e. The minimum absolute atomic E-state index is 0.300. The van der Waals surface area contributed by atoms with Crippen LogP contribution >= 0.6 is 50.5 Å². The molecule has 1 aromatic heterocycles. The molecule has 0 saturated heterocycles. The van der Waals surface area contributed by atoms with Crippen LogP contribution in [0.3, 0.4) is 0 Å². The first-order valence-corrected chi connectivity index (χ1v) is 11.8. The highest BCUT2D eigenvalue weighted by molar-refractivity contribution is 9.10. The van der Waals surface area contributed by atoms with Crippen molar-refractivity contribution < 1.29 is 14.4 Å². The van der Waals surface area contributed by atoms with Crippen molar-refractivity contribution in [3.8, 4) is 0 Å². The minimum atomic E-state index is -0.506. The van der Waals surface area contributed by atoms with Crippen molar-refractivity contribution in [2.75, 3.05) is 5.32 Å². The maximum Gasteiger partial charge on any atom is 0.269 e. The summed E-state index contributed by atoms with van der Waals surface area (Å²) in [6, 6.07) is 18.1. The number of rotatable bonds is 4. The zero-order chi connectivity index (χ0) is 23.5. The Hall–Kier alpha value is -2.91. The second-order valence-corrected chi connectivity index (χ2v) is 9.61. The Labute approximate surface area is 211 Å². The van der Waals surface area contributed by atoms with E-state index in [4.69, 9.17) is 23.2 Å². The van der Waals surface area contributed by atoms with Crippen LogP contribution in [0.1, 0.15) is 30.4 Å². The number of hydrogen-bond donors (Lipinski definition) is 3. The first-order chi connectivity index (χ1) is 15.8. The average Bonchev–Trinajstić information content (AvgIpc) is 3.13. The first-order valence-electron chi connectivity index (χ1n) is 9.47. The van der Waals surface area contributed by atoms with E-state index in [1.165, 1.54) is 23.5 Å². The third-order valence-corrected chi connectivity index (χ3v) is 7.00. The van der Waals surface area contributed by atoms with E-state index in [9.17, 15) is 14.4 Å². The average molecular weight is 563 g/mol. The number of anilines is 1. The van der Waals surface area contributed by atoms with Crippen molar-refractivity contribution in [3.63, 3.8) is 0 Å². The summed E-state index contributed by atoms with van der Waals surface area (Å²) in [5.41, 5.74) is 5.84. The van der Waals surface area contributed by atoms with Crippen molar-refractivity contribution in [3.05, 3.63) is 97.3 Å². The van der Waals surface area contributed by atoms with Crippen molar-refractivity contribution in [1.29, 1.82) is 0 Å². The molecular weight excluding hydrogens is 549 g/mol. The van der Waals surface area contributed by atoms with Gasteiger partial charge in [-0.3, -0.25) is 25.2 Å². The number of nitrogens with one attached hydrogen (secondary N) is 3. The van der Waals surface area contributed by atoms with Crippen molar-refractivity contribution in [1.82, 2.24) is 10.9 Å². The van der Waals surface area contributed by atoms with Gasteiger partial charge in [-0.05, 0) is 60.7 Å². The number of carbonyl (C=O) groups excluding carboxylic acids is 3. The van der Waals surface area contributed by atoms with E-state index in [2.05, 4.69) is 32.1 Å². The van der Waals surface area contributed by atoms with Crippen LogP contribution in [0.2, 0.25) is 10.0 Å². The topological polar surface area (TPSA) is 87.3 Å². The number of fused-ring (bicyclic) bond motifs is 1. The van der Waals surface area contributed by atoms with Crippen LogP contribution < -0.4 is 16.2 Å².